The maximum absolute atomic E-state index is 11.2. The molecule has 0 amide bonds. The van der Waals surface area contributed by atoms with Gasteiger partial charge in [-0.25, -0.2) is 4.98 Å². The Balaban J connectivity index is 2.84. The van der Waals surface area contributed by atoms with Gasteiger partial charge >= 0.3 is 5.97 Å². The van der Waals surface area contributed by atoms with Gasteiger partial charge < -0.3 is 15.0 Å². The summed E-state index contributed by atoms with van der Waals surface area (Å²) in [5, 5.41) is 8.77. The quantitative estimate of drug-likeness (QED) is 0.766. The molecule has 0 radical (unpaired) electrons. The Morgan fingerprint density at radius 3 is 2.81 bits per heavy atom. The molecule has 0 spiro atoms. The Kier molecular flexibility index (Phi) is 3.65. The van der Waals surface area contributed by atoms with E-state index in [2.05, 4.69) is 9.97 Å². The third-order valence-electron chi connectivity index (χ3n) is 2.21. The number of nitrogens with zero attached hydrogens (tertiary/aromatic N) is 2. The molecule has 16 heavy (non-hydrogen) atoms. The SMILES string of the molecule is Cc1nc(N(C)CC(C)C(=O)O)cc(=O)[nH]1. The first-order chi connectivity index (χ1) is 7.40. The van der Waals surface area contributed by atoms with Crippen molar-refractivity contribution in [2.45, 2.75) is 13.8 Å². The van der Waals surface area contributed by atoms with Gasteiger partial charge in [-0.1, -0.05) is 6.92 Å². The highest BCUT2D eigenvalue weighted by atomic mass is 16.4. The van der Waals surface area contributed by atoms with Crippen LogP contribution in [-0.4, -0.2) is 34.6 Å². The summed E-state index contributed by atoms with van der Waals surface area (Å²) in [4.78, 5) is 30.2. The van der Waals surface area contributed by atoms with Crippen molar-refractivity contribution >= 4 is 11.8 Å². The molecule has 1 atom stereocenters. The largest absolute Gasteiger partial charge is 0.481 e. The third-order valence-corrected chi connectivity index (χ3v) is 2.21. The number of carboxylic acid groups (broad SMARTS) is 1. The minimum atomic E-state index is -0.867. The number of aryl methyl sites for hydroxylation is 1. The molecular weight excluding hydrogens is 210 g/mol. The Morgan fingerprint density at radius 1 is 1.69 bits per heavy atom. The lowest BCUT2D eigenvalue weighted by Gasteiger charge is -2.20. The number of nitrogens with one attached hydrogen (secondary N) is 1. The number of anilines is 1. The standard InChI is InChI=1S/C10H15N3O3/c1-6(10(15)16)5-13(3)8-4-9(14)12-7(2)11-8/h4,6H,5H2,1-3H3,(H,15,16)(H,11,12,14). The lowest BCUT2D eigenvalue weighted by atomic mass is 10.2. The molecular formula is C10H15N3O3. The molecule has 0 aliphatic rings. The molecule has 2 N–H and O–H groups in total. The minimum Gasteiger partial charge on any atom is -0.481 e. The fourth-order valence-electron chi connectivity index (χ4n) is 1.34. The molecule has 0 aliphatic heterocycles. The number of aliphatic carboxylic acids is 1. The summed E-state index contributed by atoms with van der Waals surface area (Å²) in [6.45, 7) is 3.60. The van der Waals surface area contributed by atoms with Gasteiger partial charge in [0.25, 0.3) is 5.56 Å². The van der Waals surface area contributed by atoms with Gasteiger partial charge in [0, 0.05) is 19.7 Å². The van der Waals surface area contributed by atoms with Crippen LogP contribution < -0.4 is 10.5 Å². The molecule has 0 bridgehead atoms. The van der Waals surface area contributed by atoms with Gasteiger partial charge in [0.1, 0.15) is 11.6 Å². The Labute approximate surface area is 92.9 Å². The molecule has 1 heterocycles. The van der Waals surface area contributed by atoms with Gasteiger partial charge in [0.2, 0.25) is 0 Å². The normalized spacial score (nSPS) is 12.2. The number of carbonyl (C=O) groups is 1. The fourth-order valence-corrected chi connectivity index (χ4v) is 1.34. The summed E-state index contributed by atoms with van der Waals surface area (Å²) in [5.41, 5.74) is -0.239. The van der Waals surface area contributed by atoms with Crippen molar-refractivity contribution in [3.63, 3.8) is 0 Å². The number of aromatic amines is 1. The van der Waals surface area contributed by atoms with Gasteiger partial charge in [-0.15, -0.1) is 0 Å². The van der Waals surface area contributed by atoms with E-state index in [0.717, 1.165) is 0 Å². The molecule has 0 saturated carbocycles. The van der Waals surface area contributed by atoms with Crippen LogP contribution in [0.4, 0.5) is 5.82 Å². The molecule has 88 valence electrons. The molecule has 6 nitrogen and oxygen atoms in total. The molecule has 1 unspecified atom stereocenters. The van der Waals surface area contributed by atoms with Crippen LogP contribution in [0.5, 0.6) is 0 Å². The fraction of sp³-hybridized carbons (Fsp3) is 0.500. The van der Waals surface area contributed by atoms with Crippen molar-refractivity contribution in [2.24, 2.45) is 5.92 Å². The highest BCUT2D eigenvalue weighted by Gasteiger charge is 2.15. The number of aromatic nitrogens is 2. The highest BCUT2D eigenvalue weighted by Crippen LogP contribution is 2.08. The van der Waals surface area contributed by atoms with Crippen molar-refractivity contribution in [2.75, 3.05) is 18.5 Å². The van der Waals surface area contributed by atoms with E-state index in [1.165, 1.54) is 6.07 Å². The second-order valence-electron chi connectivity index (χ2n) is 3.81. The molecule has 1 rings (SSSR count). The highest BCUT2D eigenvalue weighted by molar-refractivity contribution is 5.70. The van der Waals surface area contributed by atoms with Crippen LogP contribution in [0.15, 0.2) is 10.9 Å². The van der Waals surface area contributed by atoms with Crippen molar-refractivity contribution in [1.82, 2.24) is 9.97 Å². The molecule has 1 aromatic rings. The van der Waals surface area contributed by atoms with E-state index in [-0.39, 0.29) is 5.56 Å². The number of carboxylic acids is 1. The number of hydrogen-bond acceptors (Lipinski definition) is 4. The molecule has 0 fully saturated rings. The van der Waals surface area contributed by atoms with Crippen LogP contribution in [0.1, 0.15) is 12.7 Å². The van der Waals surface area contributed by atoms with E-state index in [1.807, 2.05) is 0 Å². The van der Waals surface area contributed by atoms with Crippen molar-refractivity contribution in [1.29, 1.82) is 0 Å². The van der Waals surface area contributed by atoms with Gasteiger partial charge in [-0.2, -0.15) is 0 Å². The summed E-state index contributed by atoms with van der Waals surface area (Å²) in [6, 6.07) is 1.35. The molecule has 1 aromatic heterocycles. The van der Waals surface area contributed by atoms with Crippen LogP contribution in [0.3, 0.4) is 0 Å². The lowest BCUT2D eigenvalue weighted by Crippen LogP contribution is -2.30. The van der Waals surface area contributed by atoms with E-state index in [4.69, 9.17) is 5.11 Å². The minimum absolute atomic E-state index is 0.239. The number of H-pyrrole nitrogens is 1. The lowest BCUT2D eigenvalue weighted by molar-refractivity contribution is -0.140. The van der Waals surface area contributed by atoms with E-state index in [1.54, 1.807) is 25.8 Å². The summed E-state index contributed by atoms with van der Waals surface area (Å²) in [6.07, 6.45) is 0. The summed E-state index contributed by atoms with van der Waals surface area (Å²) in [5.74, 6) is -0.383. The van der Waals surface area contributed by atoms with E-state index in [0.29, 0.717) is 18.2 Å². The van der Waals surface area contributed by atoms with Gasteiger partial charge in [0.15, 0.2) is 0 Å². The Morgan fingerprint density at radius 2 is 2.31 bits per heavy atom. The predicted octanol–water partition coefficient (Wildman–Crippen LogP) is 0.235. The maximum atomic E-state index is 11.2. The molecule has 0 aliphatic carbocycles. The summed E-state index contributed by atoms with van der Waals surface area (Å²) < 4.78 is 0. The van der Waals surface area contributed by atoms with E-state index in [9.17, 15) is 9.59 Å². The summed E-state index contributed by atoms with van der Waals surface area (Å²) in [7, 11) is 1.71. The van der Waals surface area contributed by atoms with Gasteiger partial charge in [-0.05, 0) is 6.92 Å². The Bertz CT molecular complexity index is 441. The van der Waals surface area contributed by atoms with Crippen molar-refractivity contribution < 1.29 is 9.90 Å². The Hall–Kier alpha value is -1.85. The van der Waals surface area contributed by atoms with Crippen LogP contribution in [-0.2, 0) is 4.79 Å². The average molecular weight is 225 g/mol. The van der Waals surface area contributed by atoms with Gasteiger partial charge in [-0.3, -0.25) is 9.59 Å². The molecule has 0 saturated heterocycles. The second kappa shape index (κ2) is 4.78. The predicted molar refractivity (Wildman–Crippen MR) is 59.7 cm³/mol. The van der Waals surface area contributed by atoms with E-state index < -0.39 is 11.9 Å². The first-order valence-electron chi connectivity index (χ1n) is 4.92. The number of rotatable bonds is 4. The zero-order valence-electron chi connectivity index (χ0n) is 9.52. The van der Waals surface area contributed by atoms with Crippen LogP contribution in [0.2, 0.25) is 0 Å². The van der Waals surface area contributed by atoms with Crippen LogP contribution >= 0.6 is 0 Å². The zero-order valence-corrected chi connectivity index (χ0v) is 9.52. The molecule has 0 aromatic carbocycles. The monoisotopic (exact) mass is 225 g/mol. The average Bonchev–Trinajstić information content (AvgIpc) is 2.15. The summed E-state index contributed by atoms with van der Waals surface area (Å²) >= 11 is 0. The van der Waals surface area contributed by atoms with Crippen LogP contribution in [0, 0.1) is 12.8 Å². The first kappa shape index (κ1) is 12.2. The number of hydrogen-bond donors (Lipinski definition) is 2. The molecule has 6 heteroatoms. The van der Waals surface area contributed by atoms with Gasteiger partial charge in [0.05, 0.1) is 5.92 Å². The zero-order chi connectivity index (χ0) is 12.3. The van der Waals surface area contributed by atoms with Crippen molar-refractivity contribution in [3.8, 4) is 0 Å². The second-order valence-corrected chi connectivity index (χ2v) is 3.81. The maximum Gasteiger partial charge on any atom is 0.308 e. The van der Waals surface area contributed by atoms with Crippen molar-refractivity contribution in [3.05, 3.63) is 22.2 Å². The first-order valence-corrected chi connectivity index (χ1v) is 4.92. The van der Waals surface area contributed by atoms with Crippen LogP contribution in [0.25, 0.3) is 0 Å². The third kappa shape index (κ3) is 3.08. The topological polar surface area (TPSA) is 86.3 Å². The smallest absolute Gasteiger partial charge is 0.308 e. The van der Waals surface area contributed by atoms with E-state index >= 15 is 0 Å².